The van der Waals surface area contributed by atoms with Crippen LogP contribution >= 0.6 is 11.6 Å². The molecule has 0 bridgehead atoms. The molecule has 0 unspecified atom stereocenters. The minimum absolute atomic E-state index is 0.0448. The molecule has 0 aliphatic heterocycles. The molecule has 0 amide bonds. The fourth-order valence-electron chi connectivity index (χ4n) is 0.198. The fourth-order valence-corrected chi connectivity index (χ4v) is 0.261. The molecule has 2 nitrogen and oxygen atoms in total. The molecule has 0 aromatic carbocycles. The third kappa shape index (κ3) is 5.37. The maximum absolute atomic E-state index is 6.85. The van der Waals surface area contributed by atoms with Crippen LogP contribution in [0.4, 0.5) is 0 Å². The highest BCUT2D eigenvalue weighted by Gasteiger charge is 1.78. The molecule has 0 saturated carbocycles. The summed E-state index contributed by atoms with van der Waals surface area (Å²) in [5.41, 5.74) is 0.399. The van der Waals surface area contributed by atoms with Crippen molar-refractivity contribution >= 4 is 22.5 Å². The molecule has 2 N–H and O–H groups in total. The van der Waals surface area contributed by atoms with Gasteiger partial charge in [0.1, 0.15) is 5.17 Å². The zero-order chi connectivity index (χ0) is 6.57. The van der Waals surface area contributed by atoms with Gasteiger partial charge in [0.15, 0.2) is 0 Å². The Balaban J connectivity index is 3.67. The first kappa shape index (κ1) is 7.37. The van der Waals surface area contributed by atoms with Crippen molar-refractivity contribution in [3.05, 3.63) is 12.2 Å². The monoisotopic (exact) mass is 130 g/mol. The first-order valence-electron chi connectivity index (χ1n) is 2.10. The lowest BCUT2D eigenvalue weighted by Crippen LogP contribution is -1.80. The molecule has 0 fully saturated rings. The van der Waals surface area contributed by atoms with Crippen molar-refractivity contribution in [2.45, 2.75) is 6.92 Å². The van der Waals surface area contributed by atoms with Gasteiger partial charge in [0.25, 0.3) is 0 Å². The third-order valence-corrected chi connectivity index (χ3v) is 0.606. The van der Waals surface area contributed by atoms with Gasteiger partial charge in [0.2, 0.25) is 0 Å². The second kappa shape index (κ2) is 3.38. The van der Waals surface area contributed by atoms with Gasteiger partial charge < -0.3 is 5.41 Å². The second-order valence-corrected chi connectivity index (χ2v) is 1.77. The lowest BCUT2D eigenvalue weighted by Gasteiger charge is -1.79. The van der Waals surface area contributed by atoms with Crippen LogP contribution in [0, 0.1) is 10.8 Å². The molecule has 0 aromatic heterocycles. The Labute approximate surface area is 53.2 Å². The smallest absolute Gasteiger partial charge is 0.120 e. The van der Waals surface area contributed by atoms with Crippen LogP contribution in [0.3, 0.4) is 0 Å². The summed E-state index contributed by atoms with van der Waals surface area (Å²) in [7, 11) is 0. The normalized spacial score (nSPS) is 9.75. The van der Waals surface area contributed by atoms with E-state index in [-0.39, 0.29) is 5.17 Å². The highest BCUT2D eigenvalue weighted by molar-refractivity contribution is 6.67. The summed E-state index contributed by atoms with van der Waals surface area (Å²) < 4.78 is 0. The molecule has 3 heteroatoms. The summed E-state index contributed by atoms with van der Waals surface area (Å²) in [6.45, 7) is 1.62. The molecule has 0 aliphatic rings. The van der Waals surface area contributed by atoms with Gasteiger partial charge >= 0.3 is 0 Å². The molecular formula is C5H7ClN2. The van der Waals surface area contributed by atoms with Crippen molar-refractivity contribution in [2.75, 3.05) is 0 Å². The van der Waals surface area contributed by atoms with Crippen molar-refractivity contribution < 1.29 is 0 Å². The van der Waals surface area contributed by atoms with E-state index in [2.05, 4.69) is 0 Å². The summed E-state index contributed by atoms with van der Waals surface area (Å²) in [5.74, 6) is 0. The average molecular weight is 131 g/mol. The largest absolute Gasteiger partial charge is 0.306 e. The minimum atomic E-state index is -0.0448. The second-order valence-electron chi connectivity index (χ2n) is 1.36. The molecule has 0 heterocycles. The van der Waals surface area contributed by atoms with Gasteiger partial charge in [-0.1, -0.05) is 11.6 Å². The van der Waals surface area contributed by atoms with E-state index in [0.717, 1.165) is 0 Å². The standard InChI is InChI=1S/C5H7ClN2/c1-4(7)2-3-5(6)8/h2-3,7-8H,1H3/b3-2-,7-4?,8-5?. The first-order valence-corrected chi connectivity index (χ1v) is 2.48. The quantitative estimate of drug-likeness (QED) is 0.536. The van der Waals surface area contributed by atoms with Gasteiger partial charge in [0.05, 0.1) is 0 Å². The van der Waals surface area contributed by atoms with Crippen molar-refractivity contribution in [1.29, 1.82) is 10.8 Å². The number of halogens is 1. The zero-order valence-electron chi connectivity index (χ0n) is 4.53. The van der Waals surface area contributed by atoms with Crippen molar-refractivity contribution in [3.63, 3.8) is 0 Å². The summed E-state index contributed by atoms with van der Waals surface area (Å²) in [5, 5.41) is 13.5. The molecule has 0 atom stereocenters. The van der Waals surface area contributed by atoms with Gasteiger partial charge in [-0.3, -0.25) is 5.41 Å². The predicted molar refractivity (Wildman–Crippen MR) is 36.1 cm³/mol. The maximum atomic E-state index is 6.85. The minimum Gasteiger partial charge on any atom is -0.306 e. The summed E-state index contributed by atoms with van der Waals surface area (Å²) in [4.78, 5) is 0. The van der Waals surface area contributed by atoms with E-state index in [1.54, 1.807) is 6.92 Å². The van der Waals surface area contributed by atoms with E-state index in [9.17, 15) is 0 Å². The Bertz CT molecular complexity index is 121. The summed E-state index contributed by atoms with van der Waals surface area (Å²) in [6.07, 6.45) is 2.83. The predicted octanol–water partition coefficient (Wildman–Crippen LogP) is 1.80. The number of allylic oxidation sites excluding steroid dienone is 2. The van der Waals surface area contributed by atoms with Gasteiger partial charge in [-0.25, -0.2) is 0 Å². The van der Waals surface area contributed by atoms with Gasteiger partial charge in [0, 0.05) is 5.71 Å². The van der Waals surface area contributed by atoms with Crippen LogP contribution in [-0.2, 0) is 0 Å². The molecule has 0 radical (unpaired) electrons. The van der Waals surface area contributed by atoms with Crippen LogP contribution in [0.2, 0.25) is 0 Å². The van der Waals surface area contributed by atoms with E-state index < -0.39 is 0 Å². The van der Waals surface area contributed by atoms with E-state index in [1.165, 1.54) is 12.2 Å². The Morgan fingerprint density at radius 2 is 1.88 bits per heavy atom. The van der Waals surface area contributed by atoms with E-state index >= 15 is 0 Å². The SMILES string of the molecule is CC(=N)/C=C\C(=N)Cl. The highest BCUT2D eigenvalue weighted by atomic mass is 35.5. The highest BCUT2D eigenvalue weighted by Crippen LogP contribution is 1.83. The maximum Gasteiger partial charge on any atom is 0.120 e. The van der Waals surface area contributed by atoms with Crippen LogP contribution in [0.5, 0.6) is 0 Å². The zero-order valence-corrected chi connectivity index (χ0v) is 5.29. The molecular weight excluding hydrogens is 124 g/mol. The Morgan fingerprint density at radius 3 is 2.00 bits per heavy atom. The van der Waals surface area contributed by atoms with Crippen molar-refractivity contribution in [2.24, 2.45) is 0 Å². The average Bonchev–Trinajstić information content (AvgIpc) is 1.61. The summed E-state index contributed by atoms with van der Waals surface area (Å²) in [6, 6.07) is 0. The molecule has 0 spiro atoms. The Kier molecular flexibility index (Phi) is 3.12. The first-order chi connectivity index (χ1) is 3.63. The van der Waals surface area contributed by atoms with E-state index in [1.807, 2.05) is 0 Å². The van der Waals surface area contributed by atoms with Crippen molar-refractivity contribution in [1.82, 2.24) is 0 Å². The number of hydrogen-bond donors (Lipinski definition) is 2. The molecule has 44 valence electrons. The Morgan fingerprint density at radius 1 is 1.38 bits per heavy atom. The number of rotatable bonds is 2. The number of hydrogen-bond acceptors (Lipinski definition) is 2. The third-order valence-electron chi connectivity index (χ3n) is 0.480. The molecule has 8 heavy (non-hydrogen) atoms. The lowest BCUT2D eigenvalue weighted by molar-refractivity contribution is 1.50. The van der Waals surface area contributed by atoms with Crippen LogP contribution in [0.15, 0.2) is 12.2 Å². The lowest BCUT2D eigenvalue weighted by atomic mass is 10.4. The molecule has 0 aromatic rings. The van der Waals surface area contributed by atoms with Gasteiger partial charge in [-0.05, 0) is 19.1 Å². The van der Waals surface area contributed by atoms with Crippen LogP contribution < -0.4 is 0 Å². The van der Waals surface area contributed by atoms with Crippen LogP contribution in [0.1, 0.15) is 6.92 Å². The van der Waals surface area contributed by atoms with E-state index in [0.29, 0.717) is 5.71 Å². The number of nitrogens with one attached hydrogen (secondary N) is 2. The van der Waals surface area contributed by atoms with Crippen LogP contribution in [0.25, 0.3) is 0 Å². The topological polar surface area (TPSA) is 47.7 Å². The summed E-state index contributed by atoms with van der Waals surface area (Å²) >= 11 is 5.12. The van der Waals surface area contributed by atoms with E-state index in [4.69, 9.17) is 22.4 Å². The molecule has 0 saturated heterocycles. The Hall–Kier alpha value is -0.630. The molecule has 0 aliphatic carbocycles. The van der Waals surface area contributed by atoms with Crippen molar-refractivity contribution in [3.8, 4) is 0 Å². The fraction of sp³-hybridized carbons (Fsp3) is 0.200. The molecule has 0 rings (SSSR count). The van der Waals surface area contributed by atoms with Gasteiger partial charge in [-0.15, -0.1) is 0 Å². The van der Waals surface area contributed by atoms with Gasteiger partial charge in [-0.2, -0.15) is 0 Å². The van der Waals surface area contributed by atoms with Crippen LogP contribution in [-0.4, -0.2) is 10.9 Å².